The average molecular weight is 450 g/mol. The smallest absolute Gasteiger partial charge is 0.404 e. The first-order valence-electron chi connectivity index (χ1n) is 10.3. The van der Waals surface area contributed by atoms with Gasteiger partial charge in [0.05, 0.1) is 5.75 Å². The summed E-state index contributed by atoms with van der Waals surface area (Å²) in [6.07, 6.45) is 2.25. The standard InChI is InChI=1S/C23H28ClNO4S/c1-2-11-30(28,29)12-10-16-6-7-18-8-9-22(25-23(26)27)21(20(18)14-16)15-17-4-3-5-19(24)13-17/h3-7,13-14,21-22,25H,2,8-12,15H2,1H3,(H,26,27). The second-order valence-corrected chi connectivity index (χ2v) is 10.7. The zero-order valence-corrected chi connectivity index (χ0v) is 18.7. The summed E-state index contributed by atoms with van der Waals surface area (Å²) in [6, 6.07) is 13.6. The number of rotatable bonds is 8. The number of benzene rings is 2. The first-order valence-corrected chi connectivity index (χ1v) is 12.5. The van der Waals surface area contributed by atoms with E-state index in [4.69, 9.17) is 11.6 Å². The fourth-order valence-electron chi connectivity index (χ4n) is 4.29. The van der Waals surface area contributed by atoms with E-state index in [0.29, 0.717) is 24.3 Å². The van der Waals surface area contributed by atoms with Crippen LogP contribution in [0.4, 0.5) is 4.79 Å². The number of fused-ring (bicyclic) bond motifs is 1. The molecule has 2 unspecified atom stereocenters. The molecule has 2 atom stereocenters. The predicted octanol–water partition coefficient (Wildman–Crippen LogP) is 4.62. The molecule has 0 radical (unpaired) electrons. The third-order valence-electron chi connectivity index (χ3n) is 5.69. The van der Waals surface area contributed by atoms with Gasteiger partial charge in [-0.3, -0.25) is 0 Å². The number of hydrogen-bond acceptors (Lipinski definition) is 3. The minimum absolute atomic E-state index is 0.0319. The van der Waals surface area contributed by atoms with Gasteiger partial charge in [-0.1, -0.05) is 48.9 Å². The van der Waals surface area contributed by atoms with E-state index in [-0.39, 0.29) is 23.5 Å². The van der Waals surface area contributed by atoms with Gasteiger partial charge in [-0.25, -0.2) is 13.2 Å². The minimum atomic E-state index is -3.05. The Bertz CT molecular complexity index is 1010. The first kappa shape index (κ1) is 22.6. The van der Waals surface area contributed by atoms with Crippen LogP contribution in [0.3, 0.4) is 0 Å². The van der Waals surface area contributed by atoms with Crippen molar-refractivity contribution in [3.05, 3.63) is 69.7 Å². The molecule has 0 aromatic heterocycles. The van der Waals surface area contributed by atoms with Crippen LogP contribution in [0, 0.1) is 0 Å². The van der Waals surface area contributed by atoms with Gasteiger partial charge in [-0.15, -0.1) is 0 Å². The van der Waals surface area contributed by atoms with Crippen LogP contribution >= 0.6 is 11.6 Å². The van der Waals surface area contributed by atoms with Gasteiger partial charge in [0.1, 0.15) is 0 Å². The number of nitrogens with one attached hydrogen (secondary N) is 1. The number of amides is 1. The van der Waals surface area contributed by atoms with Crippen molar-refractivity contribution in [1.29, 1.82) is 0 Å². The van der Waals surface area contributed by atoms with Crippen LogP contribution in [-0.2, 0) is 29.1 Å². The molecule has 162 valence electrons. The quantitative estimate of drug-likeness (QED) is 0.616. The fraction of sp³-hybridized carbons (Fsp3) is 0.435. The van der Waals surface area contributed by atoms with Gasteiger partial charge in [-0.05, 0) is 66.5 Å². The maximum Gasteiger partial charge on any atom is 0.404 e. The molecule has 0 spiro atoms. The van der Waals surface area contributed by atoms with E-state index in [1.165, 1.54) is 5.56 Å². The second kappa shape index (κ2) is 9.84. The van der Waals surface area contributed by atoms with E-state index in [9.17, 15) is 18.3 Å². The van der Waals surface area contributed by atoms with Crippen molar-refractivity contribution in [1.82, 2.24) is 5.32 Å². The van der Waals surface area contributed by atoms with E-state index in [0.717, 1.165) is 29.5 Å². The number of carbonyl (C=O) groups is 1. The predicted molar refractivity (Wildman–Crippen MR) is 120 cm³/mol. The highest BCUT2D eigenvalue weighted by Gasteiger charge is 2.31. The Labute approximate surface area is 183 Å². The highest BCUT2D eigenvalue weighted by atomic mass is 35.5. The molecule has 1 amide bonds. The van der Waals surface area contributed by atoms with Gasteiger partial charge >= 0.3 is 6.09 Å². The van der Waals surface area contributed by atoms with Crippen molar-refractivity contribution >= 4 is 27.5 Å². The van der Waals surface area contributed by atoms with Gasteiger partial charge in [-0.2, -0.15) is 0 Å². The lowest BCUT2D eigenvalue weighted by molar-refractivity contribution is 0.185. The van der Waals surface area contributed by atoms with Crippen molar-refractivity contribution in [2.45, 2.75) is 51.0 Å². The molecule has 0 aliphatic heterocycles. The van der Waals surface area contributed by atoms with Crippen molar-refractivity contribution < 1.29 is 18.3 Å². The summed E-state index contributed by atoms with van der Waals surface area (Å²) in [5.41, 5.74) is 4.32. The normalized spacial score (nSPS) is 18.6. The lowest BCUT2D eigenvalue weighted by Crippen LogP contribution is -2.42. The van der Waals surface area contributed by atoms with Crippen LogP contribution in [0.15, 0.2) is 42.5 Å². The molecule has 2 aromatic rings. The highest BCUT2D eigenvalue weighted by molar-refractivity contribution is 7.91. The first-order chi connectivity index (χ1) is 14.3. The molecule has 0 saturated carbocycles. The van der Waals surface area contributed by atoms with Gasteiger partial charge in [0.15, 0.2) is 9.84 Å². The van der Waals surface area contributed by atoms with Gasteiger partial charge in [0.25, 0.3) is 0 Å². The van der Waals surface area contributed by atoms with Crippen LogP contribution < -0.4 is 5.32 Å². The molecule has 1 aliphatic rings. The number of aryl methyl sites for hydroxylation is 2. The molecule has 0 bridgehead atoms. The molecule has 0 heterocycles. The second-order valence-electron chi connectivity index (χ2n) is 7.97. The number of sulfone groups is 1. The van der Waals surface area contributed by atoms with E-state index in [2.05, 4.69) is 17.4 Å². The Balaban J connectivity index is 1.89. The topological polar surface area (TPSA) is 83.5 Å². The zero-order valence-electron chi connectivity index (χ0n) is 17.1. The van der Waals surface area contributed by atoms with E-state index < -0.39 is 15.9 Å². The third-order valence-corrected chi connectivity index (χ3v) is 7.78. The van der Waals surface area contributed by atoms with Crippen molar-refractivity contribution in [3.63, 3.8) is 0 Å². The summed E-state index contributed by atoms with van der Waals surface area (Å²) in [7, 11) is -3.05. The van der Waals surface area contributed by atoms with Crippen LogP contribution in [0.1, 0.15) is 47.9 Å². The molecule has 3 rings (SSSR count). The minimum Gasteiger partial charge on any atom is -0.465 e. The molecule has 0 fully saturated rings. The molecule has 30 heavy (non-hydrogen) atoms. The van der Waals surface area contributed by atoms with Crippen molar-refractivity contribution in [2.75, 3.05) is 11.5 Å². The number of carboxylic acid groups (broad SMARTS) is 1. The number of halogens is 1. The van der Waals surface area contributed by atoms with Gasteiger partial charge < -0.3 is 10.4 Å². The molecular weight excluding hydrogens is 422 g/mol. The summed E-state index contributed by atoms with van der Waals surface area (Å²) in [5, 5.41) is 12.7. The molecule has 0 saturated heterocycles. The molecule has 2 N–H and O–H groups in total. The van der Waals surface area contributed by atoms with E-state index in [1.54, 1.807) is 0 Å². The Morgan fingerprint density at radius 1 is 1.17 bits per heavy atom. The molecule has 1 aliphatic carbocycles. The SMILES string of the molecule is CCCS(=O)(=O)CCc1ccc2c(c1)C(Cc1cccc(Cl)c1)C(NC(=O)O)CC2. The Morgan fingerprint density at radius 2 is 1.97 bits per heavy atom. The summed E-state index contributed by atoms with van der Waals surface area (Å²) < 4.78 is 24.2. The fourth-order valence-corrected chi connectivity index (χ4v) is 5.88. The third kappa shape index (κ3) is 5.99. The van der Waals surface area contributed by atoms with Crippen LogP contribution in [0.25, 0.3) is 0 Å². The Kier molecular flexibility index (Phi) is 7.42. The largest absolute Gasteiger partial charge is 0.465 e. The average Bonchev–Trinajstić information content (AvgIpc) is 2.68. The molecular formula is C23H28ClNO4S. The van der Waals surface area contributed by atoms with E-state index >= 15 is 0 Å². The summed E-state index contributed by atoms with van der Waals surface area (Å²) in [4.78, 5) is 11.4. The monoisotopic (exact) mass is 449 g/mol. The Hall–Kier alpha value is -2.05. The zero-order chi connectivity index (χ0) is 21.7. The summed E-state index contributed by atoms with van der Waals surface area (Å²) in [5.74, 6) is 0.311. The lowest BCUT2D eigenvalue weighted by Gasteiger charge is -2.34. The number of hydrogen-bond donors (Lipinski definition) is 2. The summed E-state index contributed by atoms with van der Waals surface area (Å²) >= 11 is 6.15. The van der Waals surface area contributed by atoms with Crippen LogP contribution in [0.5, 0.6) is 0 Å². The maximum atomic E-state index is 12.1. The van der Waals surface area contributed by atoms with Crippen LogP contribution in [-0.4, -0.2) is 37.2 Å². The van der Waals surface area contributed by atoms with Gasteiger partial charge in [0, 0.05) is 22.7 Å². The summed E-state index contributed by atoms with van der Waals surface area (Å²) in [6.45, 7) is 1.87. The molecule has 7 heteroatoms. The lowest BCUT2D eigenvalue weighted by atomic mass is 9.75. The van der Waals surface area contributed by atoms with Crippen molar-refractivity contribution in [3.8, 4) is 0 Å². The van der Waals surface area contributed by atoms with Crippen molar-refractivity contribution in [2.24, 2.45) is 0 Å². The maximum absolute atomic E-state index is 12.1. The molecule has 5 nitrogen and oxygen atoms in total. The Morgan fingerprint density at radius 3 is 2.67 bits per heavy atom. The highest BCUT2D eigenvalue weighted by Crippen LogP contribution is 2.36. The van der Waals surface area contributed by atoms with Gasteiger partial charge in [0.2, 0.25) is 0 Å². The molecule has 2 aromatic carbocycles. The van der Waals surface area contributed by atoms with E-state index in [1.807, 2.05) is 37.3 Å². The van der Waals surface area contributed by atoms with Crippen LogP contribution in [0.2, 0.25) is 5.02 Å².